The molecule has 6 nitrogen and oxygen atoms in total. The van der Waals surface area contributed by atoms with Gasteiger partial charge >= 0.3 is 0 Å². The highest BCUT2D eigenvalue weighted by Crippen LogP contribution is 2.45. The van der Waals surface area contributed by atoms with Crippen LogP contribution in [-0.2, 0) is 23.7 Å². The Bertz CT molecular complexity index is 352. The Kier molecular flexibility index (Phi) is 2.59. The van der Waals surface area contributed by atoms with Crippen molar-refractivity contribution in [3.05, 3.63) is 0 Å². The number of ether oxygens (including phenoxy) is 5. The zero-order valence-electron chi connectivity index (χ0n) is 11.1. The molecule has 3 rings (SSSR count). The molecule has 3 fully saturated rings. The van der Waals surface area contributed by atoms with Gasteiger partial charge in [0, 0.05) is 0 Å². The zero-order valence-corrected chi connectivity index (χ0v) is 11.1. The summed E-state index contributed by atoms with van der Waals surface area (Å²) in [6, 6.07) is 0. The fourth-order valence-corrected chi connectivity index (χ4v) is 2.71. The van der Waals surface area contributed by atoms with Crippen molar-refractivity contribution in [2.24, 2.45) is 0 Å². The first-order valence-electron chi connectivity index (χ1n) is 6.25. The highest BCUT2D eigenvalue weighted by Gasteiger charge is 2.64. The van der Waals surface area contributed by atoms with Gasteiger partial charge in [0.25, 0.3) is 0 Å². The average molecular weight is 260 g/mol. The Balaban J connectivity index is 1.82. The van der Waals surface area contributed by atoms with E-state index in [0.717, 1.165) is 0 Å². The summed E-state index contributed by atoms with van der Waals surface area (Å²) in [7, 11) is 0. The molecular formula is C12H20O6. The van der Waals surface area contributed by atoms with E-state index < -0.39 is 29.6 Å². The van der Waals surface area contributed by atoms with E-state index in [0.29, 0.717) is 6.61 Å². The van der Waals surface area contributed by atoms with Gasteiger partial charge < -0.3 is 28.8 Å². The van der Waals surface area contributed by atoms with E-state index in [1.807, 2.05) is 13.8 Å². The summed E-state index contributed by atoms with van der Waals surface area (Å²) < 4.78 is 28.3. The quantitative estimate of drug-likeness (QED) is 0.679. The summed E-state index contributed by atoms with van der Waals surface area (Å²) in [6.45, 7) is 7.79. The van der Waals surface area contributed by atoms with Crippen molar-refractivity contribution in [3.63, 3.8) is 0 Å². The van der Waals surface area contributed by atoms with Crippen LogP contribution in [0, 0.1) is 0 Å². The maximum absolute atomic E-state index is 10.4. The van der Waals surface area contributed by atoms with Gasteiger partial charge in [0.05, 0.1) is 6.61 Å². The average Bonchev–Trinajstić information content (AvgIpc) is 2.68. The minimum Gasteiger partial charge on any atom is -0.385 e. The van der Waals surface area contributed by atoms with E-state index in [1.54, 1.807) is 13.8 Å². The second-order valence-electron chi connectivity index (χ2n) is 6.00. The third kappa shape index (κ3) is 1.88. The number of aliphatic hydroxyl groups excluding tert-OH is 1. The van der Waals surface area contributed by atoms with Gasteiger partial charge in [-0.15, -0.1) is 0 Å². The number of hydrogen-bond acceptors (Lipinski definition) is 6. The Morgan fingerprint density at radius 3 is 2.33 bits per heavy atom. The molecule has 0 aromatic heterocycles. The Hall–Kier alpha value is -0.240. The molecule has 0 aromatic carbocycles. The molecule has 0 radical (unpaired) electrons. The number of fused-ring (bicyclic) bond motifs is 1. The molecule has 4 atom stereocenters. The minimum absolute atomic E-state index is 0.192. The fraction of sp³-hybridized carbons (Fsp3) is 1.00. The Morgan fingerprint density at radius 2 is 1.72 bits per heavy atom. The topological polar surface area (TPSA) is 66.4 Å². The summed E-state index contributed by atoms with van der Waals surface area (Å²) in [5, 5.41) is 10.4. The van der Waals surface area contributed by atoms with Crippen molar-refractivity contribution in [2.75, 3.05) is 13.2 Å². The predicted octanol–water partition coefficient (Wildman–Crippen LogP) is 0.377. The monoisotopic (exact) mass is 260 g/mol. The highest BCUT2D eigenvalue weighted by atomic mass is 16.9. The summed E-state index contributed by atoms with van der Waals surface area (Å²) in [4.78, 5) is 0. The van der Waals surface area contributed by atoms with Crippen LogP contribution in [0.5, 0.6) is 0 Å². The maximum atomic E-state index is 10.4. The third-order valence-corrected chi connectivity index (χ3v) is 3.53. The van der Waals surface area contributed by atoms with E-state index in [4.69, 9.17) is 23.7 Å². The summed E-state index contributed by atoms with van der Waals surface area (Å²) in [5.41, 5.74) is 0. The van der Waals surface area contributed by atoms with Crippen LogP contribution in [0.4, 0.5) is 0 Å². The molecule has 1 N–H and O–H groups in total. The van der Waals surface area contributed by atoms with Crippen LogP contribution in [-0.4, -0.2) is 54.0 Å². The summed E-state index contributed by atoms with van der Waals surface area (Å²) in [5.74, 6) is -2.61. The van der Waals surface area contributed by atoms with E-state index >= 15 is 0 Å². The Labute approximate surface area is 106 Å². The van der Waals surface area contributed by atoms with Crippen molar-refractivity contribution in [1.29, 1.82) is 0 Å². The van der Waals surface area contributed by atoms with Gasteiger partial charge in [-0.05, 0) is 27.7 Å². The molecule has 0 unspecified atom stereocenters. The van der Waals surface area contributed by atoms with Crippen LogP contribution in [0.15, 0.2) is 0 Å². The molecule has 0 amide bonds. The number of rotatable bonds is 0. The van der Waals surface area contributed by atoms with Crippen molar-refractivity contribution in [3.8, 4) is 0 Å². The zero-order chi connectivity index (χ0) is 13.2. The van der Waals surface area contributed by atoms with E-state index in [2.05, 4.69) is 0 Å². The third-order valence-electron chi connectivity index (χ3n) is 3.53. The first kappa shape index (κ1) is 12.8. The van der Waals surface area contributed by atoms with Crippen LogP contribution < -0.4 is 0 Å². The molecule has 18 heavy (non-hydrogen) atoms. The molecule has 0 saturated carbocycles. The van der Waals surface area contributed by atoms with Gasteiger partial charge in [0.2, 0.25) is 5.79 Å². The van der Waals surface area contributed by atoms with Gasteiger partial charge in [0.15, 0.2) is 11.6 Å². The van der Waals surface area contributed by atoms with Gasteiger partial charge in [-0.25, -0.2) is 0 Å². The molecule has 104 valence electrons. The normalized spacial score (nSPS) is 49.5. The van der Waals surface area contributed by atoms with Crippen LogP contribution in [0.1, 0.15) is 27.7 Å². The van der Waals surface area contributed by atoms with Crippen LogP contribution in [0.25, 0.3) is 0 Å². The van der Waals surface area contributed by atoms with Crippen molar-refractivity contribution < 1.29 is 28.8 Å². The summed E-state index contributed by atoms with van der Waals surface area (Å²) in [6.07, 6.45) is -1.66. The smallest absolute Gasteiger partial charge is 0.224 e. The maximum Gasteiger partial charge on any atom is 0.224 e. The van der Waals surface area contributed by atoms with E-state index in [9.17, 15) is 5.11 Å². The Morgan fingerprint density at radius 1 is 1.00 bits per heavy atom. The van der Waals surface area contributed by atoms with Gasteiger partial charge in [0.1, 0.15) is 24.9 Å². The molecule has 6 heteroatoms. The molecular weight excluding hydrogens is 240 g/mol. The molecule has 0 aliphatic carbocycles. The second-order valence-corrected chi connectivity index (χ2v) is 6.00. The molecule has 3 aliphatic heterocycles. The van der Waals surface area contributed by atoms with Crippen LogP contribution in [0.3, 0.4) is 0 Å². The van der Waals surface area contributed by atoms with Crippen molar-refractivity contribution in [2.45, 2.75) is 63.4 Å². The van der Waals surface area contributed by atoms with Gasteiger partial charge in [-0.2, -0.15) is 0 Å². The number of hydrogen-bond donors (Lipinski definition) is 1. The fourth-order valence-electron chi connectivity index (χ4n) is 2.71. The van der Waals surface area contributed by atoms with Crippen LogP contribution >= 0.6 is 0 Å². The van der Waals surface area contributed by atoms with Crippen molar-refractivity contribution in [1.82, 2.24) is 0 Å². The SMILES string of the molecule is CC1(C)OC[C@@H]2O[C@]3(COC(C)(C)O3)[C@H](O)[C@H]2O1. The number of aliphatic hydroxyl groups is 1. The molecule has 3 saturated heterocycles. The molecule has 3 heterocycles. The first-order chi connectivity index (χ1) is 8.23. The lowest BCUT2D eigenvalue weighted by molar-refractivity contribution is -0.303. The molecule has 0 aromatic rings. The lowest BCUT2D eigenvalue weighted by Gasteiger charge is -2.37. The second kappa shape index (κ2) is 3.65. The van der Waals surface area contributed by atoms with Gasteiger partial charge in [-0.3, -0.25) is 0 Å². The lowest BCUT2D eigenvalue weighted by atomic mass is 10.0. The van der Waals surface area contributed by atoms with E-state index in [1.165, 1.54) is 0 Å². The van der Waals surface area contributed by atoms with E-state index in [-0.39, 0.29) is 12.7 Å². The molecule has 3 aliphatic rings. The lowest BCUT2D eigenvalue weighted by Crippen LogP contribution is -2.52. The van der Waals surface area contributed by atoms with Crippen LogP contribution in [0.2, 0.25) is 0 Å². The molecule has 1 spiro atoms. The standard InChI is InChI=1S/C12H20O6/c1-10(2)14-5-7-8(17-10)9(13)12(16-7)6-15-11(3,4)18-12/h7-9,13H,5-6H2,1-4H3/t7-,8-,9+,12-/m0/s1. The first-order valence-corrected chi connectivity index (χ1v) is 6.25. The largest absolute Gasteiger partial charge is 0.385 e. The molecule has 0 bridgehead atoms. The highest BCUT2D eigenvalue weighted by molar-refractivity contribution is 5.02. The summed E-state index contributed by atoms with van der Waals surface area (Å²) >= 11 is 0. The minimum atomic E-state index is -1.14. The predicted molar refractivity (Wildman–Crippen MR) is 59.6 cm³/mol. The van der Waals surface area contributed by atoms with Gasteiger partial charge in [-0.1, -0.05) is 0 Å². The van der Waals surface area contributed by atoms with Crippen molar-refractivity contribution >= 4 is 0 Å².